The highest BCUT2D eigenvalue weighted by Crippen LogP contribution is 2.24. The number of amides is 1. The van der Waals surface area contributed by atoms with Crippen molar-refractivity contribution in [2.75, 3.05) is 12.9 Å². The SMILES string of the molecule is COc1ccc(C(NC(=O)CCSc2ccc(F)cc2)c2nccn2C)cc1. The number of thioether (sulfide) groups is 1. The molecule has 0 aliphatic rings. The van der Waals surface area contributed by atoms with E-state index in [1.165, 1.54) is 23.9 Å². The number of imidazole rings is 1. The van der Waals surface area contributed by atoms with E-state index in [1.807, 2.05) is 42.1 Å². The number of methoxy groups -OCH3 is 1. The number of ether oxygens (including phenoxy) is 1. The predicted molar refractivity (Wildman–Crippen MR) is 108 cm³/mol. The van der Waals surface area contributed by atoms with E-state index in [1.54, 1.807) is 25.4 Å². The van der Waals surface area contributed by atoms with E-state index in [9.17, 15) is 9.18 Å². The third kappa shape index (κ3) is 5.13. The predicted octanol–water partition coefficient (Wildman–Crippen LogP) is 3.96. The number of aryl methyl sites for hydroxylation is 1. The van der Waals surface area contributed by atoms with E-state index in [0.717, 1.165) is 22.0 Å². The summed E-state index contributed by atoms with van der Waals surface area (Å²) in [5.41, 5.74) is 0.926. The lowest BCUT2D eigenvalue weighted by molar-refractivity contribution is -0.121. The fourth-order valence-corrected chi connectivity index (χ4v) is 3.63. The summed E-state index contributed by atoms with van der Waals surface area (Å²) >= 11 is 1.52. The van der Waals surface area contributed by atoms with Gasteiger partial charge < -0.3 is 14.6 Å². The number of halogens is 1. The molecule has 0 bridgehead atoms. The fourth-order valence-electron chi connectivity index (χ4n) is 2.77. The monoisotopic (exact) mass is 399 g/mol. The van der Waals surface area contributed by atoms with E-state index in [4.69, 9.17) is 4.74 Å². The van der Waals surface area contributed by atoms with Gasteiger partial charge in [0.25, 0.3) is 0 Å². The molecule has 1 atom stereocenters. The highest BCUT2D eigenvalue weighted by molar-refractivity contribution is 7.99. The van der Waals surface area contributed by atoms with Crippen LogP contribution < -0.4 is 10.1 Å². The molecule has 0 radical (unpaired) electrons. The van der Waals surface area contributed by atoms with Crippen LogP contribution in [0.2, 0.25) is 0 Å². The van der Waals surface area contributed by atoms with Crippen LogP contribution in [0.25, 0.3) is 0 Å². The second kappa shape index (κ2) is 9.41. The molecular formula is C21H22FN3O2S. The minimum atomic E-state index is -0.353. The summed E-state index contributed by atoms with van der Waals surface area (Å²) in [4.78, 5) is 17.9. The lowest BCUT2D eigenvalue weighted by atomic mass is 10.1. The molecule has 0 aliphatic heterocycles. The molecule has 0 spiro atoms. The lowest BCUT2D eigenvalue weighted by Gasteiger charge is -2.19. The molecule has 146 valence electrons. The number of hydrogen-bond acceptors (Lipinski definition) is 4. The molecule has 5 nitrogen and oxygen atoms in total. The molecule has 1 N–H and O–H groups in total. The van der Waals surface area contributed by atoms with Crippen LogP contribution in [0.15, 0.2) is 65.8 Å². The Morgan fingerprint density at radius 2 is 1.93 bits per heavy atom. The smallest absolute Gasteiger partial charge is 0.221 e. The zero-order chi connectivity index (χ0) is 19.9. The van der Waals surface area contributed by atoms with Crippen LogP contribution in [-0.2, 0) is 11.8 Å². The van der Waals surface area contributed by atoms with Gasteiger partial charge in [0.1, 0.15) is 23.4 Å². The Hall–Kier alpha value is -2.80. The van der Waals surface area contributed by atoms with Crippen molar-refractivity contribution in [3.8, 4) is 5.75 Å². The Balaban J connectivity index is 1.65. The van der Waals surface area contributed by atoms with Gasteiger partial charge in [-0.1, -0.05) is 12.1 Å². The van der Waals surface area contributed by atoms with Gasteiger partial charge >= 0.3 is 0 Å². The van der Waals surface area contributed by atoms with Crippen LogP contribution in [-0.4, -0.2) is 28.3 Å². The number of aromatic nitrogens is 2. The second-order valence-corrected chi connectivity index (χ2v) is 7.39. The molecule has 0 saturated carbocycles. The van der Waals surface area contributed by atoms with E-state index in [-0.39, 0.29) is 17.8 Å². The van der Waals surface area contributed by atoms with Crippen molar-refractivity contribution in [2.24, 2.45) is 7.05 Å². The van der Waals surface area contributed by atoms with Crippen LogP contribution in [0.4, 0.5) is 4.39 Å². The van der Waals surface area contributed by atoms with E-state index >= 15 is 0 Å². The van der Waals surface area contributed by atoms with Gasteiger partial charge in [-0.05, 0) is 42.0 Å². The minimum Gasteiger partial charge on any atom is -0.497 e. The molecule has 7 heteroatoms. The number of benzene rings is 2. The summed E-state index contributed by atoms with van der Waals surface area (Å²) in [7, 11) is 3.52. The Morgan fingerprint density at radius 1 is 1.21 bits per heavy atom. The summed E-state index contributed by atoms with van der Waals surface area (Å²) in [5.74, 6) is 1.78. The van der Waals surface area contributed by atoms with Gasteiger partial charge in [0.15, 0.2) is 0 Å². The standard InChI is InChI=1S/C21H22FN3O2S/c1-25-13-12-23-21(25)20(15-3-7-17(27-2)8-4-15)24-19(26)11-14-28-18-9-5-16(22)6-10-18/h3-10,12-13,20H,11,14H2,1-2H3,(H,24,26). The Morgan fingerprint density at radius 3 is 2.54 bits per heavy atom. The third-order valence-electron chi connectivity index (χ3n) is 4.28. The first-order valence-electron chi connectivity index (χ1n) is 8.85. The van der Waals surface area contributed by atoms with Crippen molar-refractivity contribution in [1.82, 2.24) is 14.9 Å². The molecule has 0 saturated heterocycles. The molecule has 1 aromatic heterocycles. The number of nitrogens with one attached hydrogen (secondary N) is 1. The molecule has 0 fully saturated rings. The first-order chi connectivity index (χ1) is 13.6. The molecular weight excluding hydrogens is 377 g/mol. The first kappa shape index (κ1) is 19.9. The van der Waals surface area contributed by atoms with Crippen LogP contribution >= 0.6 is 11.8 Å². The quantitative estimate of drug-likeness (QED) is 0.583. The molecule has 3 rings (SSSR count). The topological polar surface area (TPSA) is 56.1 Å². The number of carbonyl (C=O) groups is 1. The molecule has 28 heavy (non-hydrogen) atoms. The third-order valence-corrected chi connectivity index (χ3v) is 5.30. The van der Waals surface area contributed by atoms with Crippen LogP contribution in [0.1, 0.15) is 23.9 Å². The fraction of sp³-hybridized carbons (Fsp3) is 0.238. The molecule has 1 heterocycles. The summed E-state index contributed by atoms with van der Waals surface area (Å²) in [6.45, 7) is 0. The van der Waals surface area contributed by atoms with Crippen molar-refractivity contribution in [2.45, 2.75) is 17.4 Å². The average Bonchev–Trinajstić information content (AvgIpc) is 3.13. The molecule has 1 unspecified atom stereocenters. The van der Waals surface area contributed by atoms with Gasteiger partial charge in [0, 0.05) is 36.5 Å². The maximum absolute atomic E-state index is 13.0. The average molecular weight is 399 g/mol. The highest BCUT2D eigenvalue weighted by Gasteiger charge is 2.20. The van der Waals surface area contributed by atoms with Gasteiger partial charge in [0.05, 0.1) is 7.11 Å². The maximum atomic E-state index is 13.0. The Kier molecular flexibility index (Phi) is 6.71. The lowest BCUT2D eigenvalue weighted by Crippen LogP contribution is -2.31. The van der Waals surface area contributed by atoms with Gasteiger partial charge in [-0.3, -0.25) is 4.79 Å². The normalized spacial score (nSPS) is 11.8. The van der Waals surface area contributed by atoms with Crippen molar-refractivity contribution in [3.63, 3.8) is 0 Å². The Bertz CT molecular complexity index is 910. The molecule has 0 aliphatic carbocycles. The van der Waals surface area contributed by atoms with E-state index < -0.39 is 0 Å². The summed E-state index contributed by atoms with van der Waals surface area (Å²) in [5, 5.41) is 3.07. The number of rotatable bonds is 8. The summed E-state index contributed by atoms with van der Waals surface area (Å²) < 4.78 is 20.1. The zero-order valence-electron chi connectivity index (χ0n) is 15.8. The van der Waals surface area contributed by atoms with E-state index in [2.05, 4.69) is 10.3 Å². The number of carbonyl (C=O) groups excluding carboxylic acids is 1. The summed E-state index contributed by atoms with van der Waals surface area (Å²) in [6, 6.07) is 13.5. The molecule has 1 amide bonds. The zero-order valence-corrected chi connectivity index (χ0v) is 16.6. The van der Waals surface area contributed by atoms with Crippen molar-refractivity contribution >= 4 is 17.7 Å². The molecule has 2 aromatic carbocycles. The van der Waals surface area contributed by atoms with Crippen LogP contribution in [0.5, 0.6) is 5.75 Å². The summed E-state index contributed by atoms with van der Waals surface area (Å²) in [6.07, 6.45) is 3.91. The maximum Gasteiger partial charge on any atom is 0.221 e. The van der Waals surface area contributed by atoms with Crippen molar-refractivity contribution in [3.05, 3.63) is 78.1 Å². The highest BCUT2D eigenvalue weighted by atomic mass is 32.2. The second-order valence-electron chi connectivity index (χ2n) is 6.22. The van der Waals surface area contributed by atoms with Crippen molar-refractivity contribution in [1.29, 1.82) is 0 Å². The van der Waals surface area contributed by atoms with Crippen molar-refractivity contribution < 1.29 is 13.9 Å². The number of nitrogens with zero attached hydrogens (tertiary/aromatic N) is 2. The van der Waals surface area contributed by atoms with Crippen LogP contribution in [0, 0.1) is 5.82 Å². The van der Waals surface area contributed by atoms with Gasteiger partial charge in [0.2, 0.25) is 5.91 Å². The Labute approximate surface area is 167 Å². The van der Waals surface area contributed by atoms with Gasteiger partial charge in [-0.25, -0.2) is 9.37 Å². The first-order valence-corrected chi connectivity index (χ1v) is 9.84. The molecule has 3 aromatic rings. The number of hydrogen-bond donors (Lipinski definition) is 1. The van der Waals surface area contributed by atoms with Gasteiger partial charge in [-0.2, -0.15) is 0 Å². The van der Waals surface area contributed by atoms with Crippen LogP contribution in [0.3, 0.4) is 0 Å². The minimum absolute atomic E-state index is 0.0709. The largest absolute Gasteiger partial charge is 0.497 e. The van der Waals surface area contributed by atoms with Gasteiger partial charge in [-0.15, -0.1) is 11.8 Å². The van der Waals surface area contributed by atoms with E-state index in [0.29, 0.717) is 12.2 Å².